The van der Waals surface area contributed by atoms with Gasteiger partial charge in [0.1, 0.15) is 5.69 Å². The van der Waals surface area contributed by atoms with Crippen molar-refractivity contribution in [3.63, 3.8) is 0 Å². The van der Waals surface area contributed by atoms with E-state index >= 15 is 0 Å². The predicted molar refractivity (Wildman–Crippen MR) is 92.5 cm³/mol. The van der Waals surface area contributed by atoms with E-state index in [2.05, 4.69) is 44.1 Å². The van der Waals surface area contributed by atoms with Crippen LogP contribution in [0.2, 0.25) is 18.1 Å². The number of ether oxygens (including phenoxy) is 2. The molecule has 0 aliphatic carbocycles. The maximum atomic E-state index is 11.8. The molecule has 0 unspecified atom stereocenters. The number of nitrogens with zero attached hydrogens (tertiary/aromatic N) is 1. The molecule has 0 saturated carbocycles. The Hall–Kier alpha value is -1.34. The second kappa shape index (κ2) is 7.96. The van der Waals surface area contributed by atoms with Crippen LogP contribution in [0.25, 0.3) is 0 Å². The summed E-state index contributed by atoms with van der Waals surface area (Å²) in [6, 6.07) is 0. The fraction of sp³-hybridized carbons (Fsp3) is 0.750. The van der Waals surface area contributed by atoms with Crippen LogP contribution in [-0.2, 0) is 9.16 Å². The molecule has 6 nitrogen and oxygen atoms in total. The van der Waals surface area contributed by atoms with Crippen molar-refractivity contribution in [3.8, 4) is 5.75 Å². The molecule has 0 saturated heterocycles. The third-order valence-corrected chi connectivity index (χ3v) is 8.71. The Balaban J connectivity index is 2.48. The van der Waals surface area contributed by atoms with E-state index in [1.165, 1.54) is 0 Å². The quantitative estimate of drug-likeness (QED) is 0.443. The van der Waals surface area contributed by atoms with Gasteiger partial charge >= 0.3 is 5.97 Å². The van der Waals surface area contributed by atoms with E-state index < -0.39 is 14.3 Å². The van der Waals surface area contributed by atoms with Crippen molar-refractivity contribution in [2.45, 2.75) is 59.2 Å². The first-order chi connectivity index (χ1) is 10.6. The van der Waals surface area contributed by atoms with Crippen LogP contribution in [0.15, 0.2) is 0 Å². The maximum Gasteiger partial charge on any atom is 0.360 e. The number of esters is 1. The predicted octanol–water partition coefficient (Wildman–Crippen LogP) is 3.69. The molecular weight excluding hydrogens is 312 g/mol. The summed E-state index contributed by atoms with van der Waals surface area (Å²) in [5.74, 6) is 0.0244. The Morgan fingerprint density at radius 1 is 1.26 bits per heavy atom. The molecule has 1 aromatic rings. The molecule has 0 atom stereocenters. The molecule has 0 aliphatic heterocycles. The summed E-state index contributed by atoms with van der Waals surface area (Å²) in [5, 5.41) is 6.89. The molecule has 0 fully saturated rings. The number of H-pyrrole nitrogens is 1. The molecule has 0 aromatic carbocycles. The third kappa shape index (κ3) is 5.35. The zero-order valence-electron chi connectivity index (χ0n) is 15.4. The van der Waals surface area contributed by atoms with E-state index in [9.17, 15) is 4.79 Å². The summed E-state index contributed by atoms with van der Waals surface area (Å²) in [6.07, 6.45) is 0.763. The smallest absolute Gasteiger partial charge is 0.360 e. The standard InChI is InChI=1S/C16H30N2O4Si/c1-8-20-15(19)13-14(12(2)17-18-13)21-10-9-11-22-23(6,7)16(3,4)5/h8-11H2,1-7H3,(H,17,18). The fourth-order valence-corrected chi connectivity index (χ4v) is 2.81. The highest BCUT2D eigenvalue weighted by atomic mass is 28.4. The first kappa shape index (κ1) is 19.7. The number of hydrogen-bond acceptors (Lipinski definition) is 5. The number of aromatic amines is 1. The molecule has 0 bridgehead atoms. The van der Waals surface area contributed by atoms with Crippen molar-refractivity contribution in [1.82, 2.24) is 10.2 Å². The van der Waals surface area contributed by atoms with Crippen molar-refractivity contribution >= 4 is 14.3 Å². The first-order valence-electron chi connectivity index (χ1n) is 8.09. The van der Waals surface area contributed by atoms with Gasteiger partial charge in [-0.15, -0.1) is 0 Å². The van der Waals surface area contributed by atoms with Crippen LogP contribution in [0.4, 0.5) is 0 Å². The number of rotatable bonds is 8. The second-order valence-electron chi connectivity index (χ2n) is 7.04. The van der Waals surface area contributed by atoms with Gasteiger partial charge in [0.2, 0.25) is 0 Å². The number of aryl methyl sites for hydroxylation is 1. The van der Waals surface area contributed by atoms with Crippen molar-refractivity contribution in [1.29, 1.82) is 0 Å². The van der Waals surface area contributed by atoms with Gasteiger partial charge in [0.05, 0.1) is 13.2 Å². The van der Waals surface area contributed by atoms with Crippen molar-refractivity contribution in [3.05, 3.63) is 11.4 Å². The lowest BCUT2D eigenvalue weighted by molar-refractivity contribution is 0.0514. The number of carbonyl (C=O) groups excluding carboxylic acids is 1. The van der Waals surface area contributed by atoms with E-state index in [4.69, 9.17) is 13.9 Å². The number of nitrogens with one attached hydrogen (secondary N) is 1. The molecule has 1 heterocycles. The topological polar surface area (TPSA) is 73.4 Å². The summed E-state index contributed by atoms with van der Waals surface area (Å²) >= 11 is 0. The van der Waals surface area contributed by atoms with Crippen molar-refractivity contribution in [2.75, 3.05) is 19.8 Å². The highest BCUT2D eigenvalue weighted by molar-refractivity contribution is 6.74. The average Bonchev–Trinajstić information content (AvgIpc) is 2.79. The highest BCUT2D eigenvalue weighted by Crippen LogP contribution is 2.36. The van der Waals surface area contributed by atoms with Crippen LogP contribution in [0.3, 0.4) is 0 Å². The average molecular weight is 343 g/mol. The first-order valence-corrected chi connectivity index (χ1v) is 11.0. The van der Waals surface area contributed by atoms with Gasteiger partial charge in [0.25, 0.3) is 0 Å². The Labute approximate surface area is 140 Å². The lowest BCUT2D eigenvalue weighted by Gasteiger charge is -2.36. The van der Waals surface area contributed by atoms with Crippen LogP contribution in [0, 0.1) is 6.92 Å². The number of carbonyl (C=O) groups is 1. The molecule has 0 radical (unpaired) electrons. The molecule has 0 aliphatic rings. The van der Waals surface area contributed by atoms with Gasteiger partial charge in [-0.3, -0.25) is 5.10 Å². The molecule has 23 heavy (non-hydrogen) atoms. The second-order valence-corrected chi connectivity index (χ2v) is 11.9. The third-order valence-electron chi connectivity index (χ3n) is 4.17. The molecule has 132 valence electrons. The summed E-state index contributed by atoms with van der Waals surface area (Å²) < 4.78 is 16.8. The van der Waals surface area contributed by atoms with Crippen LogP contribution in [0.1, 0.15) is 50.3 Å². The minimum absolute atomic E-state index is 0.200. The molecule has 0 amide bonds. The molecule has 1 aromatic heterocycles. The van der Waals surface area contributed by atoms with E-state index in [0.29, 0.717) is 31.3 Å². The Kier molecular flexibility index (Phi) is 6.82. The zero-order chi connectivity index (χ0) is 17.7. The highest BCUT2D eigenvalue weighted by Gasteiger charge is 2.36. The van der Waals surface area contributed by atoms with Crippen LogP contribution >= 0.6 is 0 Å². The number of hydrogen-bond donors (Lipinski definition) is 1. The van der Waals surface area contributed by atoms with Gasteiger partial charge in [-0.2, -0.15) is 5.10 Å². The normalized spacial score (nSPS) is 12.3. The molecule has 1 rings (SSSR count). The minimum Gasteiger partial charge on any atom is -0.489 e. The Morgan fingerprint density at radius 3 is 2.48 bits per heavy atom. The van der Waals surface area contributed by atoms with Crippen molar-refractivity contribution < 1.29 is 18.7 Å². The van der Waals surface area contributed by atoms with Crippen LogP contribution in [0.5, 0.6) is 5.75 Å². The molecular formula is C16H30N2O4Si. The van der Waals surface area contributed by atoms with Crippen LogP contribution < -0.4 is 4.74 Å². The van der Waals surface area contributed by atoms with E-state index in [1.54, 1.807) is 13.8 Å². The molecule has 0 spiro atoms. The Bertz CT molecular complexity index is 521. The number of aromatic nitrogens is 2. The van der Waals surface area contributed by atoms with E-state index in [-0.39, 0.29) is 10.7 Å². The van der Waals surface area contributed by atoms with Gasteiger partial charge in [-0.25, -0.2) is 4.79 Å². The van der Waals surface area contributed by atoms with E-state index in [1.807, 2.05) is 0 Å². The summed E-state index contributed by atoms with van der Waals surface area (Å²) in [5.41, 5.74) is 0.924. The summed E-state index contributed by atoms with van der Waals surface area (Å²) in [7, 11) is -1.72. The lowest BCUT2D eigenvalue weighted by atomic mass is 10.2. The van der Waals surface area contributed by atoms with Gasteiger partial charge in [0, 0.05) is 13.0 Å². The van der Waals surface area contributed by atoms with Gasteiger partial charge < -0.3 is 13.9 Å². The summed E-state index contributed by atoms with van der Waals surface area (Å²) in [4.78, 5) is 11.8. The Morgan fingerprint density at radius 2 is 1.91 bits per heavy atom. The van der Waals surface area contributed by atoms with Crippen molar-refractivity contribution in [2.24, 2.45) is 0 Å². The zero-order valence-corrected chi connectivity index (χ0v) is 16.4. The van der Waals surface area contributed by atoms with Gasteiger partial charge in [-0.05, 0) is 32.0 Å². The van der Waals surface area contributed by atoms with Gasteiger partial charge in [-0.1, -0.05) is 20.8 Å². The van der Waals surface area contributed by atoms with Crippen LogP contribution in [-0.4, -0.2) is 44.3 Å². The summed E-state index contributed by atoms with van der Waals surface area (Å²) in [6.45, 7) is 16.1. The minimum atomic E-state index is -1.72. The molecule has 1 N–H and O–H groups in total. The lowest BCUT2D eigenvalue weighted by Crippen LogP contribution is -2.41. The van der Waals surface area contributed by atoms with Gasteiger partial charge in [0.15, 0.2) is 19.8 Å². The SMILES string of the molecule is CCOC(=O)c1[nH]nc(C)c1OCCCO[Si](C)(C)C(C)(C)C. The maximum absolute atomic E-state index is 11.8. The fourth-order valence-electron chi connectivity index (χ4n) is 1.72. The molecule has 7 heteroatoms. The monoisotopic (exact) mass is 342 g/mol. The van der Waals surface area contributed by atoms with E-state index in [0.717, 1.165) is 6.42 Å². The largest absolute Gasteiger partial charge is 0.489 e.